The van der Waals surface area contributed by atoms with Gasteiger partial charge < -0.3 is 0 Å². The minimum Gasteiger partial charge on any atom is -0.256 e. The van der Waals surface area contributed by atoms with Crippen molar-refractivity contribution in [2.75, 3.05) is 0 Å². The zero-order valence-corrected chi connectivity index (χ0v) is 8.77. The number of hydrogen-bond acceptors (Lipinski definition) is 1. The van der Waals surface area contributed by atoms with Crippen molar-refractivity contribution in [3.8, 4) is 11.1 Å². The van der Waals surface area contributed by atoms with Crippen LogP contribution in [0.4, 0.5) is 0 Å². The van der Waals surface area contributed by atoms with Crippen molar-refractivity contribution in [3.05, 3.63) is 60.4 Å². The molecule has 2 aromatic rings. The molecule has 1 aromatic carbocycles. The van der Waals surface area contributed by atoms with E-state index in [1.54, 1.807) is 6.08 Å². The molecule has 0 atom stereocenters. The Bertz CT molecular complexity index is 472. The van der Waals surface area contributed by atoms with E-state index in [4.69, 9.17) is 0 Å². The Kier molecular flexibility index (Phi) is 2.64. The van der Waals surface area contributed by atoms with Gasteiger partial charge in [0.1, 0.15) is 0 Å². The fourth-order valence-electron chi connectivity index (χ4n) is 1.59. The molecular formula is C14H13N. The molecule has 0 aliphatic rings. The Morgan fingerprint density at radius 2 is 1.87 bits per heavy atom. The van der Waals surface area contributed by atoms with Gasteiger partial charge in [-0.3, -0.25) is 4.98 Å². The van der Waals surface area contributed by atoms with Crippen LogP contribution in [0.3, 0.4) is 0 Å². The van der Waals surface area contributed by atoms with E-state index in [0.717, 1.165) is 16.8 Å². The summed E-state index contributed by atoms with van der Waals surface area (Å²) >= 11 is 0. The molecule has 0 saturated carbocycles. The van der Waals surface area contributed by atoms with Crippen LogP contribution in [0.2, 0.25) is 0 Å². The highest BCUT2D eigenvalue weighted by Gasteiger charge is 2.00. The van der Waals surface area contributed by atoms with E-state index in [1.165, 1.54) is 5.56 Å². The topological polar surface area (TPSA) is 12.9 Å². The zero-order valence-electron chi connectivity index (χ0n) is 8.77. The maximum absolute atomic E-state index is 4.36. The first-order valence-electron chi connectivity index (χ1n) is 4.96. The van der Waals surface area contributed by atoms with Crippen molar-refractivity contribution < 1.29 is 0 Å². The van der Waals surface area contributed by atoms with Crippen LogP contribution >= 0.6 is 0 Å². The summed E-state index contributed by atoms with van der Waals surface area (Å²) in [5.74, 6) is 0. The first-order chi connectivity index (χ1) is 7.31. The van der Waals surface area contributed by atoms with E-state index in [-0.39, 0.29) is 0 Å². The Morgan fingerprint density at radius 3 is 2.47 bits per heavy atom. The predicted octanol–water partition coefficient (Wildman–Crippen LogP) is 3.70. The molecule has 0 fully saturated rings. The highest BCUT2D eigenvalue weighted by atomic mass is 14.7. The van der Waals surface area contributed by atoms with E-state index >= 15 is 0 Å². The van der Waals surface area contributed by atoms with Gasteiger partial charge in [-0.1, -0.05) is 36.9 Å². The largest absolute Gasteiger partial charge is 0.256 e. The molecule has 0 saturated heterocycles. The smallest absolute Gasteiger partial charge is 0.0653 e. The number of aryl methyl sites for hydroxylation is 1. The van der Waals surface area contributed by atoms with Crippen molar-refractivity contribution >= 4 is 6.08 Å². The molecule has 1 nitrogen and oxygen atoms in total. The Morgan fingerprint density at radius 1 is 1.13 bits per heavy atom. The molecule has 0 radical (unpaired) electrons. The van der Waals surface area contributed by atoms with Crippen LogP contribution in [0.5, 0.6) is 0 Å². The van der Waals surface area contributed by atoms with Gasteiger partial charge in [-0.15, -0.1) is 0 Å². The van der Waals surface area contributed by atoms with Crippen molar-refractivity contribution in [1.82, 2.24) is 4.98 Å². The number of aromatic nitrogens is 1. The van der Waals surface area contributed by atoms with Crippen LogP contribution in [0, 0.1) is 6.92 Å². The van der Waals surface area contributed by atoms with Crippen LogP contribution in [0.1, 0.15) is 11.3 Å². The quantitative estimate of drug-likeness (QED) is 0.712. The third-order valence-corrected chi connectivity index (χ3v) is 2.42. The second-order valence-electron chi connectivity index (χ2n) is 3.50. The molecule has 1 heterocycles. The van der Waals surface area contributed by atoms with Crippen LogP contribution in [0.25, 0.3) is 17.2 Å². The lowest BCUT2D eigenvalue weighted by molar-refractivity contribution is 1.24. The molecule has 0 aliphatic heterocycles. The standard InChI is InChI=1S/C14H13N/c1-3-14-11(2)9-13(10-15-14)12-7-5-4-6-8-12/h3-10H,1H2,2H3. The Hall–Kier alpha value is -1.89. The summed E-state index contributed by atoms with van der Waals surface area (Å²) in [4.78, 5) is 4.36. The summed E-state index contributed by atoms with van der Waals surface area (Å²) in [6.07, 6.45) is 3.67. The second-order valence-corrected chi connectivity index (χ2v) is 3.50. The van der Waals surface area contributed by atoms with Gasteiger partial charge in [-0.05, 0) is 30.2 Å². The van der Waals surface area contributed by atoms with E-state index in [2.05, 4.69) is 36.7 Å². The van der Waals surface area contributed by atoms with Crippen molar-refractivity contribution in [2.24, 2.45) is 0 Å². The molecule has 1 aromatic heterocycles. The molecule has 1 heteroatoms. The van der Waals surface area contributed by atoms with Gasteiger partial charge in [0.15, 0.2) is 0 Å². The van der Waals surface area contributed by atoms with Gasteiger partial charge in [-0.25, -0.2) is 0 Å². The van der Waals surface area contributed by atoms with Crippen LogP contribution in [0.15, 0.2) is 49.2 Å². The minimum atomic E-state index is 0.953. The lowest BCUT2D eigenvalue weighted by atomic mass is 10.1. The van der Waals surface area contributed by atoms with Gasteiger partial charge in [0, 0.05) is 11.8 Å². The van der Waals surface area contributed by atoms with Crippen LogP contribution < -0.4 is 0 Å². The lowest BCUT2D eigenvalue weighted by Crippen LogP contribution is -1.87. The first-order valence-corrected chi connectivity index (χ1v) is 4.96. The fraction of sp³-hybridized carbons (Fsp3) is 0.0714. The molecule has 0 amide bonds. The third kappa shape index (κ3) is 1.96. The van der Waals surface area contributed by atoms with E-state index < -0.39 is 0 Å². The number of nitrogens with zero attached hydrogens (tertiary/aromatic N) is 1. The Balaban J connectivity index is 2.47. The van der Waals surface area contributed by atoms with Crippen molar-refractivity contribution in [3.63, 3.8) is 0 Å². The van der Waals surface area contributed by atoms with E-state index in [0.29, 0.717) is 0 Å². The van der Waals surface area contributed by atoms with Gasteiger partial charge in [0.05, 0.1) is 5.69 Å². The molecule has 0 bridgehead atoms. The van der Waals surface area contributed by atoms with Crippen LogP contribution in [-0.2, 0) is 0 Å². The third-order valence-electron chi connectivity index (χ3n) is 2.42. The average molecular weight is 195 g/mol. The van der Waals surface area contributed by atoms with Crippen molar-refractivity contribution in [1.29, 1.82) is 0 Å². The summed E-state index contributed by atoms with van der Waals surface area (Å²) in [5, 5.41) is 0. The molecule has 2 rings (SSSR count). The highest BCUT2D eigenvalue weighted by Crippen LogP contribution is 2.20. The summed E-state index contributed by atoms with van der Waals surface area (Å²) in [6.45, 7) is 5.78. The maximum atomic E-state index is 4.36. The maximum Gasteiger partial charge on any atom is 0.0653 e. The lowest BCUT2D eigenvalue weighted by Gasteiger charge is -2.04. The van der Waals surface area contributed by atoms with E-state index in [9.17, 15) is 0 Å². The van der Waals surface area contributed by atoms with E-state index in [1.807, 2.05) is 24.4 Å². The Labute approximate surface area is 90.1 Å². The number of rotatable bonds is 2. The van der Waals surface area contributed by atoms with Crippen molar-refractivity contribution in [2.45, 2.75) is 6.92 Å². The van der Waals surface area contributed by atoms with Crippen LogP contribution in [-0.4, -0.2) is 4.98 Å². The average Bonchev–Trinajstić information content (AvgIpc) is 2.30. The summed E-state index contributed by atoms with van der Waals surface area (Å²) in [5.41, 5.74) is 4.46. The monoisotopic (exact) mass is 195 g/mol. The normalized spacial score (nSPS) is 9.93. The molecule has 0 spiro atoms. The SMILES string of the molecule is C=Cc1ncc(-c2ccccc2)cc1C. The number of hydrogen-bond donors (Lipinski definition) is 0. The molecular weight excluding hydrogens is 182 g/mol. The fourth-order valence-corrected chi connectivity index (χ4v) is 1.59. The highest BCUT2D eigenvalue weighted by molar-refractivity contribution is 5.64. The summed E-state index contributed by atoms with van der Waals surface area (Å²) < 4.78 is 0. The number of pyridine rings is 1. The minimum absolute atomic E-state index is 0.953. The zero-order chi connectivity index (χ0) is 10.7. The molecule has 0 aliphatic carbocycles. The molecule has 15 heavy (non-hydrogen) atoms. The number of benzene rings is 1. The molecule has 0 unspecified atom stereocenters. The molecule has 74 valence electrons. The van der Waals surface area contributed by atoms with Gasteiger partial charge in [0.2, 0.25) is 0 Å². The molecule has 0 N–H and O–H groups in total. The summed E-state index contributed by atoms with van der Waals surface area (Å²) in [7, 11) is 0. The first kappa shape index (κ1) is 9.66. The van der Waals surface area contributed by atoms with Gasteiger partial charge in [0.25, 0.3) is 0 Å². The predicted molar refractivity (Wildman–Crippen MR) is 64.5 cm³/mol. The van der Waals surface area contributed by atoms with Gasteiger partial charge in [-0.2, -0.15) is 0 Å². The summed E-state index contributed by atoms with van der Waals surface area (Å²) in [6, 6.07) is 12.4. The second kappa shape index (κ2) is 4.09. The van der Waals surface area contributed by atoms with Gasteiger partial charge >= 0.3 is 0 Å².